The molecular weight excluding hydrogens is 412 g/mol. The Labute approximate surface area is 182 Å². The van der Waals surface area contributed by atoms with Crippen LogP contribution >= 0.6 is 0 Å². The highest BCUT2D eigenvalue weighted by atomic mass is 19.1. The lowest BCUT2D eigenvalue weighted by Gasteiger charge is -2.50. The third kappa shape index (κ3) is 2.81. The Hall–Kier alpha value is -4.00. The van der Waals surface area contributed by atoms with E-state index in [-0.39, 0.29) is 17.8 Å². The van der Waals surface area contributed by atoms with Crippen LogP contribution in [0.1, 0.15) is 17.7 Å². The van der Waals surface area contributed by atoms with E-state index >= 15 is 0 Å². The molecule has 0 radical (unpaired) electrons. The van der Waals surface area contributed by atoms with Gasteiger partial charge in [0.25, 0.3) is 5.91 Å². The molecule has 1 aliphatic rings. The van der Waals surface area contributed by atoms with Gasteiger partial charge in [-0.15, -0.1) is 0 Å². The molecule has 5 nitrogen and oxygen atoms in total. The van der Waals surface area contributed by atoms with Crippen LogP contribution in [0.5, 0.6) is 0 Å². The number of hydrogen-bond acceptors (Lipinski definition) is 2. The van der Waals surface area contributed by atoms with E-state index in [2.05, 4.69) is 10.3 Å². The third-order valence-corrected chi connectivity index (χ3v) is 5.94. The summed E-state index contributed by atoms with van der Waals surface area (Å²) in [6.07, 6.45) is -0.176. The molecule has 0 spiro atoms. The molecule has 2 heterocycles. The summed E-state index contributed by atoms with van der Waals surface area (Å²) < 4.78 is 29.1. The second-order valence-electron chi connectivity index (χ2n) is 7.82. The summed E-state index contributed by atoms with van der Waals surface area (Å²) in [6, 6.07) is 19.0. The largest absolute Gasteiger partial charge is 0.358 e. The maximum Gasteiger partial charge on any atom is 0.256 e. The summed E-state index contributed by atoms with van der Waals surface area (Å²) in [5.74, 6) is -2.24. The molecule has 1 saturated heterocycles. The maximum atomic E-state index is 14.8. The minimum Gasteiger partial charge on any atom is -0.358 e. The van der Waals surface area contributed by atoms with Crippen molar-refractivity contribution in [2.75, 3.05) is 10.2 Å². The molecule has 0 aliphatic carbocycles. The van der Waals surface area contributed by atoms with Gasteiger partial charge in [0.05, 0.1) is 17.8 Å². The first-order valence-electron chi connectivity index (χ1n) is 10.1. The smallest absolute Gasteiger partial charge is 0.256 e. The predicted octanol–water partition coefficient (Wildman–Crippen LogP) is 5.03. The Morgan fingerprint density at radius 3 is 2.34 bits per heavy atom. The highest BCUT2D eigenvalue weighted by molar-refractivity contribution is 6.18. The Morgan fingerprint density at radius 1 is 0.969 bits per heavy atom. The fourth-order valence-corrected chi connectivity index (χ4v) is 4.57. The molecule has 32 heavy (non-hydrogen) atoms. The topological polar surface area (TPSA) is 65.2 Å². The number of aromatic nitrogens is 1. The van der Waals surface area contributed by atoms with Crippen LogP contribution in [0.15, 0.2) is 72.8 Å². The molecule has 1 unspecified atom stereocenters. The standard InChI is InChI=1S/C25H19F2N3O2/c1-15-23(16-8-2-5-11-19(16)28-15)25(24(32)29-20-12-6-3-9-17(20)26)14-22(31)30(25)21-13-7-4-10-18(21)27/h2-13,28H,14H2,1H3,(H,29,32). The number of β-lactam (4-membered cyclic amide) rings is 1. The number of nitrogens with zero attached hydrogens (tertiary/aromatic N) is 1. The molecule has 160 valence electrons. The maximum absolute atomic E-state index is 14.8. The highest BCUT2D eigenvalue weighted by Gasteiger charge is 2.60. The number of amides is 2. The van der Waals surface area contributed by atoms with Crippen molar-refractivity contribution < 1.29 is 18.4 Å². The Balaban J connectivity index is 1.74. The number of fused-ring (bicyclic) bond motifs is 1. The summed E-state index contributed by atoms with van der Waals surface area (Å²) in [5.41, 5.74) is 0.448. The molecule has 5 rings (SSSR count). The SMILES string of the molecule is Cc1[nH]c2ccccc2c1C1(C(=O)Nc2ccccc2F)CC(=O)N1c1ccccc1F. The zero-order valence-corrected chi connectivity index (χ0v) is 17.2. The van der Waals surface area contributed by atoms with Gasteiger partial charge in [-0.25, -0.2) is 8.78 Å². The summed E-state index contributed by atoms with van der Waals surface area (Å²) >= 11 is 0. The van der Waals surface area contributed by atoms with E-state index in [0.29, 0.717) is 11.3 Å². The number of aromatic amines is 1. The molecule has 1 fully saturated rings. The summed E-state index contributed by atoms with van der Waals surface area (Å²) in [5, 5.41) is 3.37. The highest BCUT2D eigenvalue weighted by Crippen LogP contribution is 2.49. The zero-order chi connectivity index (χ0) is 22.5. The van der Waals surface area contributed by atoms with Crippen molar-refractivity contribution in [3.8, 4) is 0 Å². The first-order chi connectivity index (χ1) is 15.4. The van der Waals surface area contributed by atoms with Gasteiger partial charge < -0.3 is 10.3 Å². The number of aryl methyl sites for hydroxylation is 1. The van der Waals surface area contributed by atoms with Gasteiger partial charge in [-0.1, -0.05) is 42.5 Å². The van der Waals surface area contributed by atoms with Crippen molar-refractivity contribution in [2.45, 2.75) is 18.9 Å². The van der Waals surface area contributed by atoms with Gasteiger partial charge in [-0.3, -0.25) is 14.5 Å². The molecule has 0 saturated carbocycles. The predicted molar refractivity (Wildman–Crippen MR) is 118 cm³/mol. The zero-order valence-electron chi connectivity index (χ0n) is 17.2. The number of benzene rings is 3. The van der Waals surface area contributed by atoms with Gasteiger partial charge in [-0.05, 0) is 37.3 Å². The number of carbonyl (C=O) groups is 2. The van der Waals surface area contributed by atoms with Crippen LogP contribution in [0, 0.1) is 18.6 Å². The summed E-state index contributed by atoms with van der Waals surface area (Å²) in [6.45, 7) is 1.80. The van der Waals surface area contributed by atoms with Gasteiger partial charge in [0.2, 0.25) is 5.91 Å². The van der Waals surface area contributed by atoms with E-state index in [1.165, 1.54) is 41.3 Å². The summed E-state index contributed by atoms with van der Waals surface area (Å²) in [4.78, 5) is 31.1. The average molecular weight is 431 g/mol. The van der Waals surface area contributed by atoms with E-state index in [0.717, 1.165) is 10.9 Å². The van der Waals surface area contributed by atoms with E-state index in [9.17, 15) is 18.4 Å². The lowest BCUT2D eigenvalue weighted by molar-refractivity contribution is -0.137. The third-order valence-electron chi connectivity index (χ3n) is 5.94. The number of hydrogen-bond donors (Lipinski definition) is 2. The number of rotatable bonds is 4. The molecule has 1 atom stereocenters. The molecule has 0 bridgehead atoms. The fraction of sp³-hybridized carbons (Fsp3) is 0.120. The van der Waals surface area contributed by atoms with Gasteiger partial charge in [0, 0.05) is 22.2 Å². The summed E-state index contributed by atoms with van der Waals surface area (Å²) in [7, 11) is 0. The molecule has 2 amide bonds. The molecule has 1 aliphatic heterocycles. The second-order valence-corrected chi connectivity index (χ2v) is 7.82. The van der Waals surface area contributed by atoms with Crippen LogP contribution in [0.3, 0.4) is 0 Å². The number of anilines is 2. The van der Waals surface area contributed by atoms with Gasteiger partial charge in [-0.2, -0.15) is 0 Å². The molecule has 4 aromatic rings. The first kappa shape index (κ1) is 19.9. The van der Waals surface area contributed by atoms with Crippen LogP contribution in [0.25, 0.3) is 10.9 Å². The minimum absolute atomic E-state index is 0.00267. The number of H-pyrrole nitrogens is 1. The van der Waals surface area contributed by atoms with Crippen LogP contribution in [-0.2, 0) is 15.1 Å². The van der Waals surface area contributed by atoms with Gasteiger partial charge in [0.15, 0.2) is 5.54 Å². The number of para-hydroxylation sites is 3. The van der Waals surface area contributed by atoms with E-state index < -0.39 is 29.0 Å². The molecule has 7 heteroatoms. The van der Waals surface area contributed by atoms with Crippen molar-refractivity contribution in [3.63, 3.8) is 0 Å². The monoisotopic (exact) mass is 431 g/mol. The van der Waals surface area contributed by atoms with Crippen molar-refractivity contribution >= 4 is 34.1 Å². The molecule has 2 N–H and O–H groups in total. The van der Waals surface area contributed by atoms with E-state index in [1.807, 2.05) is 24.3 Å². The van der Waals surface area contributed by atoms with Crippen molar-refractivity contribution in [3.05, 3.63) is 95.7 Å². The molecule has 1 aromatic heterocycles. The van der Waals surface area contributed by atoms with Crippen molar-refractivity contribution in [1.29, 1.82) is 0 Å². The number of carbonyl (C=O) groups excluding carboxylic acids is 2. The Bertz CT molecular complexity index is 1380. The van der Waals surface area contributed by atoms with E-state index in [1.54, 1.807) is 19.1 Å². The first-order valence-corrected chi connectivity index (χ1v) is 10.1. The van der Waals surface area contributed by atoms with Crippen LogP contribution in [-0.4, -0.2) is 16.8 Å². The number of nitrogens with one attached hydrogen (secondary N) is 2. The number of halogens is 2. The molecule has 3 aromatic carbocycles. The van der Waals surface area contributed by atoms with E-state index in [4.69, 9.17) is 0 Å². The quantitative estimate of drug-likeness (QED) is 0.446. The van der Waals surface area contributed by atoms with Gasteiger partial charge >= 0.3 is 0 Å². The Morgan fingerprint density at radius 2 is 1.62 bits per heavy atom. The second kappa shape index (κ2) is 7.30. The molecular formula is C25H19F2N3O2. The Kier molecular flexibility index (Phi) is 4.55. The van der Waals surface area contributed by atoms with Crippen molar-refractivity contribution in [2.24, 2.45) is 0 Å². The lowest BCUT2D eigenvalue weighted by atomic mass is 9.74. The average Bonchev–Trinajstić information content (AvgIpc) is 3.10. The van der Waals surface area contributed by atoms with Crippen LogP contribution in [0.2, 0.25) is 0 Å². The van der Waals surface area contributed by atoms with Gasteiger partial charge in [0.1, 0.15) is 11.6 Å². The fourth-order valence-electron chi connectivity index (χ4n) is 4.57. The van der Waals surface area contributed by atoms with Crippen LogP contribution < -0.4 is 10.2 Å². The van der Waals surface area contributed by atoms with Crippen molar-refractivity contribution in [1.82, 2.24) is 4.98 Å². The van der Waals surface area contributed by atoms with Crippen LogP contribution in [0.4, 0.5) is 20.2 Å². The lowest BCUT2D eigenvalue weighted by Crippen LogP contribution is -2.67. The normalized spacial score (nSPS) is 18.0. The minimum atomic E-state index is -1.55.